The zero-order valence-electron chi connectivity index (χ0n) is 10.2. The molecule has 2 aliphatic heterocycles. The van der Waals surface area contributed by atoms with Gasteiger partial charge in [0.05, 0.1) is 0 Å². The van der Waals surface area contributed by atoms with Gasteiger partial charge in [0.25, 0.3) is 10.2 Å². The maximum atomic E-state index is 11.9. The Bertz CT molecular complexity index is 320. The molecule has 0 aromatic rings. The number of hydrogen-bond acceptors (Lipinski definition) is 3. The molecular formula is C11H22N2O3S. The molecule has 0 bridgehead atoms. The maximum absolute atomic E-state index is 11.9. The number of nitrogens with one attached hydrogen (secondary N) is 1. The Labute approximate surface area is 104 Å². The first-order valence-electron chi connectivity index (χ1n) is 6.51. The van der Waals surface area contributed by atoms with Crippen LogP contribution in [-0.4, -0.2) is 45.6 Å². The first-order chi connectivity index (χ1) is 8.18. The molecular weight excluding hydrogens is 240 g/mol. The first kappa shape index (κ1) is 13.3. The fraction of sp³-hybridized carbons (Fsp3) is 1.00. The molecule has 0 saturated carbocycles. The summed E-state index contributed by atoms with van der Waals surface area (Å²) >= 11 is 0. The smallest absolute Gasteiger partial charge is 0.279 e. The molecule has 0 aromatic carbocycles. The van der Waals surface area contributed by atoms with Crippen LogP contribution in [0.2, 0.25) is 0 Å². The van der Waals surface area contributed by atoms with Crippen LogP contribution < -0.4 is 4.72 Å². The van der Waals surface area contributed by atoms with E-state index in [0.717, 1.165) is 45.3 Å². The number of ether oxygens (including phenoxy) is 1. The van der Waals surface area contributed by atoms with Crippen LogP contribution in [-0.2, 0) is 14.9 Å². The lowest BCUT2D eigenvalue weighted by molar-refractivity contribution is 0.0522. The van der Waals surface area contributed by atoms with Crippen LogP contribution in [0.4, 0.5) is 0 Å². The van der Waals surface area contributed by atoms with Crippen molar-refractivity contribution in [3.63, 3.8) is 0 Å². The summed E-state index contributed by atoms with van der Waals surface area (Å²) in [6, 6.07) is 0. The fourth-order valence-electron chi connectivity index (χ4n) is 2.45. The van der Waals surface area contributed by atoms with Gasteiger partial charge < -0.3 is 4.74 Å². The Balaban J connectivity index is 1.69. The van der Waals surface area contributed by atoms with Crippen LogP contribution in [0.5, 0.6) is 0 Å². The fourth-order valence-corrected chi connectivity index (χ4v) is 3.74. The lowest BCUT2D eigenvalue weighted by Crippen LogP contribution is -2.39. The molecule has 17 heavy (non-hydrogen) atoms. The molecule has 0 aliphatic carbocycles. The van der Waals surface area contributed by atoms with Gasteiger partial charge in [-0.1, -0.05) is 0 Å². The van der Waals surface area contributed by atoms with Crippen LogP contribution in [0, 0.1) is 5.92 Å². The van der Waals surface area contributed by atoms with E-state index in [1.807, 2.05) is 0 Å². The van der Waals surface area contributed by atoms with Crippen molar-refractivity contribution in [3.05, 3.63) is 0 Å². The number of nitrogens with zero attached hydrogens (tertiary/aromatic N) is 1. The minimum absolute atomic E-state index is 0.519. The summed E-state index contributed by atoms with van der Waals surface area (Å²) in [5.41, 5.74) is 0. The molecule has 2 heterocycles. The van der Waals surface area contributed by atoms with Gasteiger partial charge in [0.1, 0.15) is 0 Å². The molecule has 2 rings (SSSR count). The van der Waals surface area contributed by atoms with Gasteiger partial charge in [-0.2, -0.15) is 12.7 Å². The predicted octanol–water partition coefficient (Wildman–Crippen LogP) is 0.733. The Morgan fingerprint density at radius 3 is 2.65 bits per heavy atom. The summed E-state index contributed by atoms with van der Waals surface area (Å²) in [7, 11) is -3.22. The molecule has 100 valence electrons. The summed E-state index contributed by atoms with van der Waals surface area (Å²) in [4.78, 5) is 0. The molecule has 0 unspecified atom stereocenters. The molecule has 0 aromatic heterocycles. The third-order valence-corrected chi connectivity index (χ3v) is 5.11. The highest BCUT2D eigenvalue weighted by Gasteiger charge is 2.25. The monoisotopic (exact) mass is 262 g/mol. The van der Waals surface area contributed by atoms with E-state index in [1.165, 1.54) is 0 Å². The van der Waals surface area contributed by atoms with Crippen LogP contribution >= 0.6 is 0 Å². The lowest BCUT2D eigenvalue weighted by atomic mass is 9.99. The average molecular weight is 262 g/mol. The lowest BCUT2D eigenvalue weighted by Gasteiger charge is -2.22. The van der Waals surface area contributed by atoms with Crippen LogP contribution in [0.25, 0.3) is 0 Å². The third kappa shape index (κ3) is 3.91. The molecule has 5 nitrogen and oxygen atoms in total. The Hall–Kier alpha value is -0.170. The van der Waals surface area contributed by atoms with Crippen molar-refractivity contribution >= 4 is 10.2 Å². The maximum Gasteiger partial charge on any atom is 0.279 e. The zero-order valence-corrected chi connectivity index (χ0v) is 11.0. The van der Waals surface area contributed by atoms with Crippen molar-refractivity contribution in [1.82, 2.24) is 9.03 Å². The van der Waals surface area contributed by atoms with E-state index in [0.29, 0.717) is 25.6 Å². The summed E-state index contributed by atoms with van der Waals surface area (Å²) in [6.45, 7) is 3.51. The van der Waals surface area contributed by atoms with Gasteiger partial charge >= 0.3 is 0 Å². The van der Waals surface area contributed by atoms with Gasteiger partial charge in [-0.05, 0) is 38.0 Å². The first-order valence-corrected chi connectivity index (χ1v) is 7.95. The van der Waals surface area contributed by atoms with Crippen LogP contribution in [0.1, 0.15) is 32.1 Å². The molecule has 2 fully saturated rings. The Morgan fingerprint density at radius 2 is 2.00 bits per heavy atom. The minimum atomic E-state index is -3.22. The highest BCUT2D eigenvalue weighted by atomic mass is 32.2. The molecule has 6 heteroatoms. The van der Waals surface area contributed by atoms with E-state index in [4.69, 9.17) is 4.74 Å². The Kier molecular flexibility index (Phi) is 4.78. The predicted molar refractivity (Wildman–Crippen MR) is 65.9 cm³/mol. The summed E-state index contributed by atoms with van der Waals surface area (Å²) in [5, 5.41) is 0. The molecule has 2 saturated heterocycles. The van der Waals surface area contributed by atoms with Gasteiger partial charge in [0, 0.05) is 32.8 Å². The second-order valence-corrected chi connectivity index (χ2v) is 6.63. The summed E-state index contributed by atoms with van der Waals surface area (Å²) < 4.78 is 33.3. The van der Waals surface area contributed by atoms with E-state index in [1.54, 1.807) is 4.31 Å². The highest BCUT2D eigenvalue weighted by molar-refractivity contribution is 7.87. The summed E-state index contributed by atoms with van der Waals surface area (Å²) in [6.07, 6.45) is 5.11. The van der Waals surface area contributed by atoms with Crippen molar-refractivity contribution in [3.8, 4) is 0 Å². The van der Waals surface area contributed by atoms with E-state index in [-0.39, 0.29) is 0 Å². The molecule has 0 spiro atoms. The minimum Gasteiger partial charge on any atom is -0.381 e. The molecule has 2 aliphatic rings. The molecule has 0 amide bonds. The van der Waals surface area contributed by atoms with E-state index in [2.05, 4.69) is 4.72 Å². The van der Waals surface area contributed by atoms with Crippen molar-refractivity contribution in [2.75, 3.05) is 32.8 Å². The third-order valence-electron chi connectivity index (χ3n) is 3.50. The standard InChI is InChI=1S/C11H22N2O3S/c14-17(15,13-7-1-2-8-13)12-6-5-11-4-3-9-16-10-11/h11-12H,1-10H2/t11-/m1/s1. The SMILES string of the molecule is O=S(=O)(NCC[C@H]1CCCOC1)N1CCCC1. The number of hydrogen-bond donors (Lipinski definition) is 1. The van der Waals surface area contributed by atoms with E-state index < -0.39 is 10.2 Å². The molecule has 1 atom stereocenters. The second kappa shape index (κ2) is 6.13. The molecule has 0 radical (unpaired) electrons. The van der Waals surface area contributed by atoms with Gasteiger partial charge in [0.15, 0.2) is 0 Å². The van der Waals surface area contributed by atoms with Crippen molar-refractivity contribution in [2.24, 2.45) is 5.92 Å². The molecule has 1 N–H and O–H groups in total. The van der Waals surface area contributed by atoms with Gasteiger partial charge in [-0.15, -0.1) is 0 Å². The highest BCUT2D eigenvalue weighted by Crippen LogP contribution is 2.17. The van der Waals surface area contributed by atoms with Gasteiger partial charge in [-0.25, -0.2) is 4.72 Å². The number of rotatable bonds is 5. The second-order valence-electron chi connectivity index (χ2n) is 4.88. The van der Waals surface area contributed by atoms with Crippen molar-refractivity contribution in [1.29, 1.82) is 0 Å². The van der Waals surface area contributed by atoms with Crippen LogP contribution in [0.15, 0.2) is 0 Å². The van der Waals surface area contributed by atoms with Gasteiger partial charge in [-0.3, -0.25) is 0 Å². The Morgan fingerprint density at radius 1 is 1.24 bits per heavy atom. The largest absolute Gasteiger partial charge is 0.381 e. The van der Waals surface area contributed by atoms with Gasteiger partial charge in [0.2, 0.25) is 0 Å². The van der Waals surface area contributed by atoms with E-state index >= 15 is 0 Å². The normalized spacial score (nSPS) is 27.4. The van der Waals surface area contributed by atoms with Crippen molar-refractivity contribution in [2.45, 2.75) is 32.1 Å². The topological polar surface area (TPSA) is 58.6 Å². The zero-order chi connectivity index (χ0) is 12.1. The average Bonchev–Trinajstić information content (AvgIpc) is 2.84. The summed E-state index contributed by atoms with van der Waals surface area (Å²) in [5.74, 6) is 0.519. The van der Waals surface area contributed by atoms with E-state index in [9.17, 15) is 8.42 Å². The van der Waals surface area contributed by atoms with Crippen molar-refractivity contribution < 1.29 is 13.2 Å². The van der Waals surface area contributed by atoms with Crippen LogP contribution in [0.3, 0.4) is 0 Å². The quantitative estimate of drug-likeness (QED) is 0.795.